The van der Waals surface area contributed by atoms with E-state index in [1.807, 2.05) is 19.9 Å². The van der Waals surface area contributed by atoms with Crippen molar-refractivity contribution in [3.63, 3.8) is 0 Å². The van der Waals surface area contributed by atoms with E-state index in [1.165, 1.54) is 0 Å². The highest BCUT2D eigenvalue weighted by molar-refractivity contribution is 5.68. The minimum Gasteiger partial charge on any atom is -0.492 e. The Kier molecular flexibility index (Phi) is 7.42. The third kappa shape index (κ3) is 4.34. The molecule has 0 amide bonds. The maximum Gasteiger partial charge on any atom is 0.303 e. The minimum atomic E-state index is -0.802. The summed E-state index contributed by atoms with van der Waals surface area (Å²) in [5.41, 5.74) is 2.82. The summed E-state index contributed by atoms with van der Waals surface area (Å²) in [7, 11) is 6.25. The van der Waals surface area contributed by atoms with Crippen molar-refractivity contribution in [1.82, 2.24) is 0 Å². The van der Waals surface area contributed by atoms with E-state index in [4.69, 9.17) is 24.1 Å². The Morgan fingerprint density at radius 1 is 0.917 bits per heavy atom. The molecular weight excluding hydrogens is 312 g/mol. The van der Waals surface area contributed by atoms with Crippen LogP contribution in [-0.2, 0) is 11.2 Å². The average Bonchev–Trinajstić information content (AvgIpc) is 2.57. The third-order valence-corrected chi connectivity index (χ3v) is 3.89. The molecule has 0 aromatic heterocycles. The molecule has 0 bridgehead atoms. The summed E-state index contributed by atoms with van der Waals surface area (Å²) in [4.78, 5) is 10.7. The van der Waals surface area contributed by atoms with Gasteiger partial charge in [-0.3, -0.25) is 4.79 Å². The van der Waals surface area contributed by atoms with Crippen LogP contribution in [0.4, 0.5) is 0 Å². The smallest absolute Gasteiger partial charge is 0.303 e. The second kappa shape index (κ2) is 9.05. The molecule has 24 heavy (non-hydrogen) atoms. The van der Waals surface area contributed by atoms with Crippen LogP contribution >= 0.6 is 0 Å². The van der Waals surface area contributed by atoms with Gasteiger partial charge in [-0.25, -0.2) is 0 Å². The zero-order chi connectivity index (χ0) is 18.3. The molecule has 0 aliphatic rings. The SMILES string of the molecule is COc1c(C)c(C/C=C(\C)CCC(=O)O)c(OC)c(OC)c1OC. The number of ether oxygens (including phenoxy) is 4. The summed E-state index contributed by atoms with van der Waals surface area (Å²) in [5, 5.41) is 8.77. The molecule has 0 heterocycles. The molecule has 0 aliphatic carbocycles. The fourth-order valence-corrected chi connectivity index (χ4v) is 2.58. The Morgan fingerprint density at radius 2 is 1.42 bits per heavy atom. The van der Waals surface area contributed by atoms with Crippen LogP contribution < -0.4 is 18.9 Å². The maximum atomic E-state index is 10.7. The van der Waals surface area contributed by atoms with Gasteiger partial charge in [0, 0.05) is 17.5 Å². The van der Waals surface area contributed by atoms with E-state index in [9.17, 15) is 4.79 Å². The highest BCUT2D eigenvalue weighted by atomic mass is 16.5. The molecule has 1 N–H and O–H groups in total. The van der Waals surface area contributed by atoms with Crippen LogP contribution in [-0.4, -0.2) is 39.5 Å². The molecule has 0 aliphatic heterocycles. The van der Waals surface area contributed by atoms with Gasteiger partial charge in [0.2, 0.25) is 11.5 Å². The van der Waals surface area contributed by atoms with E-state index in [2.05, 4.69) is 0 Å². The van der Waals surface area contributed by atoms with Gasteiger partial charge in [-0.15, -0.1) is 0 Å². The summed E-state index contributed by atoms with van der Waals surface area (Å²) in [6.07, 6.45) is 3.21. The number of methoxy groups -OCH3 is 4. The molecule has 0 radical (unpaired) electrons. The summed E-state index contributed by atoms with van der Waals surface area (Å²) >= 11 is 0. The first-order chi connectivity index (χ1) is 11.4. The molecule has 0 fully saturated rings. The van der Waals surface area contributed by atoms with Gasteiger partial charge in [-0.2, -0.15) is 0 Å². The van der Waals surface area contributed by atoms with Gasteiger partial charge in [0.05, 0.1) is 28.4 Å². The number of hydrogen-bond donors (Lipinski definition) is 1. The van der Waals surface area contributed by atoms with Gasteiger partial charge in [0.25, 0.3) is 0 Å². The minimum absolute atomic E-state index is 0.119. The molecule has 6 nitrogen and oxygen atoms in total. The van der Waals surface area contributed by atoms with Crippen LogP contribution in [0.15, 0.2) is 11.6 Å². The molecule has 6 heteroatoms. The monoisotopic (exact) mass is 338 g/mol. The van der Waals surface area contributed by atoms with E-state index in [1.54, 1.807) is 28.4 Å². The van der Waals surface area contributed by atoms with E-state index in [-0.39, 0.29) is 6.42 Å². The Labute approximate surface area is 143 Å². The third-order valence-electron chi connectivity index (χ3n) is 3.89. The number of benzene rings is 1. The van der Waals surface area contributed by atoms with Crippen LogP contribution in [0.5, 0.6) is 23.0 Å². The number of hydrogen-bond acceptors (Lipinski definition) is 5. The summed E-state index contributed by atoms with van der Waals surface area (Å²) in [6.45, 7) is 3.85. The first kappa shape index (κ1) is 19.7. The number of aliphatic carboxylic acids is 1. The van der Waals surface area contributed by atoms with Gasteiger partial charge in [0.1, 0.15) is 0 Å². The van der Waals surface area contributed by atoms with Crippen molar-refractivity contribution >= 4 is 5.97 Å². The lowest BCUT2D eigenvalue weighted by atomic mass is 9.99. The van der Waals surface area contributed by atoms with Gasteiger partial charge in [-0.05, 0) is 26.7 Å². The van der Waals surface area contributed by atoms with Crippen LogP contribution in [0.25, 0.3) is 0 Å². The summed E-state index contributed by atoms with van der Waals surface area (Å²) < 4.78 is 21.9. The Morgan fingerprint density at radius 3 is 1.88 bits per heavy atom. The Hall–Kier alpha value is -2.37. The predicted octanol–water partition coefficient (Wildman–Crippen LogP) is 3.38. The van der Waals surface area contributed by atoms with Crippen LogP contribution in [0.3, 0.4) is 0 Å². The first-order valence-electron chi connectivity index (χ1n) is 7.63. The molecule has 134 valence electrons. The number of allylic oxidation sites excluding steroid dienone is 2. The van der Waals surface area contributed by atoms with E-state index < -0.39 is 5.97 Å². The van der Waals surface area contributed by atoms with Gasteiger partial charge < -0.3 is 24.1 Å². The maximum absolute atomic E-state index is 10.7. The fraction of sp³-hybridized carbons (Fsp3) is 0.500. The van der Waals surface area contributed by atoms with Gasteiger partial charge >= 0.3 is 5.97 Å². The second-order valence-corrected chi connectivity index (χ2v) is 5.38. The lowest BCUT2D eigenvalue weighted by molar-refractivity contribution is -0.136. The largest absolute Gasteiger partial charge is 0.492 e. The molecule has 0 unspecified atom stereocenters. The van der Waals surface area contributed by atoms with Crippen molar-refractivity contribution in [3.8, 4) is 23.0 Å². The molecular formula is C18H26O6. The molecule has 1 rings (SSSR count). The quantitative estimate of drug-likeness (QED) is 0.696. The molecule has 0 saturated carbocycles. The van der Waals surface area contributed by atoms with Crippen LogP contribution in [0.2, 0.25) is 0 Å². The summed E-state index contributed by atoms with van der Waals surface area (Å²) in [5.74, 6) is 1.36. The number of carboxylic acids is 1. The normalized spacial score (nSPS) is 11.2. The van der Waals surface area contributed by atoms with Crippen molar-refractivity contribution in [3.05, 3.63) is 22.8 Å². The van der Waals surface area contributed by atoms with E-state index in [0.29, 0.717) is 35.8 Å². The van der Waals surface area contributed by atoms with Crippen molar-refractivity contribution in [2.75, 3.05) is 28.4 Å². The predicted molar refractivity (Wildman–Crippen MR) is 91.7 cm³/mol. The zero-order valence-electron chi connectivity index (χ0n) is 15.2. The Bertz CT molecular complexity index is 619. The van der Waals surface area contributed by atoms with Crippen molar-refractivity contribution in [2.45, 2.75) is 33.1 Å². The number of carbonyl (C=O) groups is 1. The molecule has 0 spiro atoms. The van der Waals surface area contributed by atoms with Crippen molar-refractivity contribution in [2.24, 2.45) is 0 Å². The number of rotatable bonds is 9. The van der Waals surface area contributed by atoms with Crippen molar-refractivity contribution in [1.29, 1.82) is 0 Å². The number of carboxylic acid groups (broad SMARTS) is 1. The lowest BCUT2D eigenvalue weighted by Gasteiger charge is -2.21. The van der Waals surface area contributed by atoms with Gasteiger partial charge in [-0.1, -0.05) is 11.6 Å². The molecule has 1 aromatic carbocycles. The standard InChI is InChI=1S/C18H26O6/c1-11(8-10-14(19)20)7-9-13-12(2)15(21-3)17(23-5)18(24-6)16(13)22-4/h7H,8-10H2,1-6H3,(H,19,20)/b11-7+. The van der Waals surface area contributed by atoms with E-state index in [0.717, 1.165) is 16.7 Å². The summed E-state index contributed by atoms with van der Waals surface area (Å²) in [6, 6.07) is 0. The highest BCUT2D eigenvalue weighted by Crippen LogP contribution is 2.49. The van der Waals surface area contributed by atoms with E-state index >= 15 is 0 Å². The molecule has 0 atom stereocenters. The Balaban J connectivity index is 3.31. The molecule has 0 saturated heterocycles. The average molecular weight is 338 g/mol. The highest BCUT2D eigenvalue weighted by Gasteiger charge is 2.24. The van der Waals surface area contributed by atoms with Crippen LogP contribution in [0.1, 0.15) is 30.9 Å². The topological polar surface area (TPSA) is 74.2 Å². The lowest BCUT2D eigenvalue weighted by Crippen LogP contribution is -2.04. The molecule has 1 aromatic rings. The van der Waals surface area contributed by atoms with Gasteiger partial charge in [0.15, 0.2) is 11.5 Å². The fourth-order valence-electron chi connectivity index (χ4n) is 2.58. The van der Waals surface area contributed by atoms with Crippen LogP contribution in [0, 0.1) is 6.92 Å². The first-order valence-corrected chi connectivity index (χ1v) is 7.63. The van der Waals surface area contributed by atoms with Crippen molar-refractivity contribution < 1.29 is 28.8 Å². The second-order valence-electron chi connectivity index (χ2n) is 5.38. The zero-order valence-corrected chi connectivity index (χ0v) is 15.2.